The molecule has 2 aliphatic heterocycles. The van der Waals surface area contributed by atoms with Crippen molar-refractivity contribution in [3.63, 3.8) is 0 Å². The predicted octanol–water partition coefficient (Wildman–Crippen LogP) is 4.66. The first-order chi connectivity index (χ1) is 23.4. The van der Waals surface area contributed by atoms with Gasteiger partial charge in [0.2, 0.25) is 12.7 Å². The van der Waals surface area contributed by atoms with Gasteiger partial charge in [0, 0.05) is 56.5 Å². The van der Waals surface area contributed by atoms with Gasteiger partial charge in [-0.05, 0) is 90.5 Å². The van der Waals surface area contributed by atoms with Crippen LogP contribution in [0.15, 0.2) is 36.4 Å². The Morgan fingerprint density at radius 2 is 1.69 bits per heavy atom. The minimum Gasteiger partial charge on any atom is -0.490 e. The number of likely N-dealkylation sites (N-methyl/N-ethyl adjacent to an activating group) is 1. The van der Waals surface area contributed by atoms with E-state index in [-0.39, 0.29) is 55.4 Å². The van der Waals surface area contributed by atoms with Gasteiger partial charge in [0.05, 0.1) is 30.4 Å². The zero-order valence-corrected chi connectivity index (χ0v) is 29.7. The number of nitrogens with zero attached hydrogens (tertiary/aromatic N) is 3. The van der Waals surface area contributed by atoms with Crippen LogP contribution in [0.25, 0.3) is 0 Å². The van der Waals surface area contributed by atoms with Crippen LogP contribution in [0.1, 0.15) is 63.2 Å². The third kappa shape index (κ3) is 11.0. The zero-order chi connectivity index (χ0) is 35.5. The number of carbonyl (C=O) groups is 3. The van der Waals surface area contributed by atoms with Crippen molar-refractivity contribution in [2.24, 2.45) is 5.92 Å². The number of anilines is 2. The summed E-state index contributed by atoms with van der Waals surface area (Å²) in [5, 5.41) is 15.8. The first-order valence-electron chi connectivity index (χ1n) is 17.2. The van der Waals surface area contributed by atoms with Gasteiger partial charge in [-0.1, -0.05) is 6.92 Å². The lowest BCUT2D eigenvalue weighted by Gasteiger charge is -2.36. The third-order valence-electron chi connectivity index (χ3n) is 8.82. The van der Waals surface area contributed by atoms with Gasteiger partial charge in [-0.3, -0.25) is 9.59 Å². The average molecular weight is 684 g/mol. The Morgan fingerprint density at radius 1 is 1.00 bits per heavy atom. The fourth-order valence-electron chi connectivity index (χ4n) is 5.84. The molecule has 4 rings (SSSR count). The molecule has 4 atom stereocenters. The first-order valence-corrected chi connectivity index (χ1v) is 17.2. The molecule has 0 fully saturated rings. The van der Waals surface area contributed by atoms with Crippen molar-refractivity contribution in [2.75, 3.05) is 71.4 Å². The fraction of sp³-hybridized carbons (Fsp3) is 0.583. The van der Waals surface area contributed by atoms with Gasteiger partial charge in [-0.15, -0.1) is 0 Å². The van der Waals surface area contributed by atoms with E-state index in [0.29, 0.717) is 48.2 Å². The van der Waals surface area contributed by atoms with E-state index in [4.69, 9.17) is 18.9 Å². The molecule has 4 amide bonds. The van der Waals surface area contributed by atoms with E-state index in [0.717, 1.165) is 32.2 Å². The molecule has 3 N–H and O–H groups in total. The van der Waals surface area contributed by atoms with Crippen molar-refractivity contribution in [3.8, 4) is 17.2 Å². The van der Waals surface area contributed by atoms with Crippen LogP contribution >= 0.6 is 0 Å². The van der Waals surface area contributed by atoms with E-state index in [1.807, 2.05) is 27.9 Å². The summed E-state index contributed by atoms with van der Waals surface area (Å²) in [6.45, 7) is 7.63. The number of hydrogen-bond acceptors (Lipinski definition) is 9. The van der Waals surface area contributed by atoms with Crippen LogP contribution < -0.4 is 24.8 Å². The Hall–Kier alpha value is -4.07. The molecule has 0 saturated heterocycles. The van der Waals surface area contributed by atoms with Crippen molar-refractivity contribution in [2.45, 2.75) is 71.1 Å². The standard InChI is InChI=1S/C36H53N5O8/c1-24-20-41(25(2)22-42)35(44)29-18-27(37-36(45)38-28-13-15-31-32(19-28)48-23-47-31)12-14-30(29)49-26(3)10-7-8-17-46-33(24)21-40(6)34(43)11-9-16-39(4)5/h12-15,18-19,24-26,33,42H,7-11,16-17,20-23H2,1-6H3,(H2,37,38,45)/t24-,25+,26-,33+/m1/s1. The van der Waals surface area contributed by atoms with Crippen molar-refractivity contribution in [1.29, 1.82) is 0 Å². The second kappa shape index (κ2) is 18.1. The average Bonchev–Trinajstić information content (AvgIpc) is 3.53. The van der Waals surface area contributed by atoms with Crippen LogP contribution in [-0.4, -0.2) is 117 Å². The maximum Gasteiger partial charge on any atom is 0.323 e. The molecule has 13 heteroatoms. The smallest absolute Gasteiger partial charge is 0.323 e. The van der Waals surface area contributed by atoms with E-state index < -0.39 is 12.1 Å². The molecule has 0 spiro atoms. The largest absolute Gasteiger partial charge is 0.490 e. The van der Waals surface area contributed by atoms with Gasteiger partial charge in [-0.2, -0.15) is 0 Å². The molecule has 0 unspecified atom stereocenters. The molecule has 13 nitrogen and oxygen atoms in total. The van der Waals surface area contributed by atoms with Crippen LogP contribution in [0.5, 0.6) is 17.2 Å². The van der Waals surface area contributed by atoms with E-state index in [2.05, 4.69) is 15.5 Å². The summed E-state index contributed by atoms with van der Waals surface area (Å²) < 4.78 is 23.4. The number of hydrogen-bond donors (Lipinski definition) is 3. The Bertz CT molecular complexity index is 1420. The number of amides is 4. The number of fused-ring (bicyclic) bond motifs is 2. The Balaban J connectivity index is 1.55. The normalized spacial score (nSPS) is 20.5. The Labute approximate surface area is 289 Å². The number of aliphatic hydroxyl groups excluding tert-OH is 1. The summed E-state index contributed by atoms with van der Waals surface area (Å²) in [6.07, 6.45) is 3.13. The monoisotopic (exact) mass is 683 g/mol. The lowest BCUT2D eigenvalue weighted by atomic mass is 10.0. The van der Waals surface area contributed by atoms with Gasteiger partial charge in [0.1, 0.15) is 5.75 Å². The van der Waals surface area contributed by atoms with E-state index in [1.54, 1.807) is 60.2 Å². The highest BCUT2D eigenvalue weighted by atomic mass is 16.7. The summed E-state index contributed by atoms with van der Waals surface area (Å²) >= 11 is 0. The molecule has 0 saturated carbocycles. The molecule has 2 aliphatic rings. The van der Waals surface area contributed by atoms with Gasteiger partial charge in [-0.25, -0.2) is 4.79 Å². The summed E-state index contributed by atoms with van der Waals surface area (Å²) in [4.78, 5) is 45.7. The number of ether oxygens (including phenoxy) is 4. The molecule has 2 aromatic rings. The lowest BCUT2D eigenvalue weighted by molar-refractivity contribution is -0.132. The second-order valence-electron chi connectivity index (χ2n) is 13.3. The van der Waals surface area contributed by atoms with Gasteiger partial charge >= 0.3 is 6.03 Å². The number of urea groups is 1. The van der Waals surface area contributed by atoms with Gasteiger partial charge in [0.25, 0.3) is 5.91 Å². The summed E-state index contributed by atoms with van der Waals surface area (Å²) in [7, 11) is 5.77. The predicted molar refractivity (Wildman–Crippen MR) is 188 cm³/mol. The minimum atomic E-state index is -0.523. The Kier molecular flexibility index (Phi) is 13.9. The minimum absolute atomic E-state index is 0.0520. The van der Waals surface area contributed by atoms with Crippen molar-refractivity contribution in [3.05, 3.63) is 42.0 Å². The molecule has 2 aromatic carbocycles. The lowest BCUT2D eigenvalue weighted by Crippen LogP contribution is -2.48. The van der Waals surface area contributed by atoms with Crippen LogP contribution in [0.2, 0.25) is 0 Å². The quantitative estimate of drug-likeness (QED) is 0.326. The number of rotatable bonds is 10. The van der Waals surface area contributed by atoms with Crippen molar-refractivity contribution in [1.82, 2.24) is 14.7 Å². The van der Waals surface area contributed by atoms with Crippen LogP contribution in [0.4, 0.5) is 16.2 Å². The number of benzene rings is 2. The summed E-state index contributed by atoms with van der Waals surface area (Å²) in [6, 6.07) is 9.07. The van der Waals surface area contributed by atoms with Gasteiger partial charge in [0.15, 0.2) is 11.5 Å². The van der Waals surface area contributed by atoms with Crippen LogP contribution in [0, 0.1) is 5.92 Å². The van der Waals surface area contributed by atoms with Crippen LogP contribution in [0.3, 0.4) is 0 Å². The molecule has 49 heavy (non-hydrogen) atoms. The van der Waals surface area contributed by atoms with Gasteiger partial charge < -0.3 is 49.4 Å². The molecular weight excluding hydrogens is 630 g/mol. The topological polar surface area (TPSA) is 142 Å². The SMILES string of the molecule is C[C@@H]1CCCCO[C@@H](CN(C)C(=O)CCCN(C)C)[C@H](C)CN([C@@H](C)CO)C(=O)c2cc(NC(=O)Nc3ccc4c(c3)OCO4)ccc2O1. The molecular formula is C36H53N5O8. The highest BCUT2D eigenvalue weighted by Gasteiger charge is 2.31. The fourth-order valence-corrected chi connectivity index (χ4v) is 5.84. The molecule has 2 heterocycles. The number of nitrogens with one attached hydrogen (secondary N) is 2. The highest BCUT2D eigenvalue weighted by molar-refractivity contribution is 6.02. The highest BCUT2D eigenvalue weighted by Crippen LogP contribution is 2.34. The van der Waals surface area contributed by atoms with Crippen molar-refractivity contribution >= 4 is 29.2 Å². The maximum atomic E-state index is 14.4. The molecule has 0 aromatic heterocycles. The zero-order valence-electron chi connectivity index (χ0n) is 29.7. The first kappa shape index (κ1) is 37.7. The molecule has 0 bridgehead atoms. The van der Waals surface area contributed by atoms with E-state index >= 15 is 0 Å². The van der Waals surface area contributed by atoms with E-state index in [1.165, 1.54) is 0 Å². The Morgan fingerprint density at radius 3 is 2.41 bits per heavy atom. The summed E-state index contributed by atoms with van der Waals surface area (Å²) in [5.74, 6) is 1.08. The maximum absolute atomic E-state index is 14.4. The van der Waals surface area contributed by atoms with Crippen molar-refractivity contribution < 1.29 is 38.4 Å². The number of aliphatic hydroxyl groups is 1. The summed E-state index contributed by atoms with van der Waals surface area (Å²) in [5.41, 5.74) is 1.17. The second-order valence-corrected chi connectivity index (χ2v) is 13.3. The van der Waals surface area contributed by atoms with Crippen LogP contribution in [-0.2, 0) is 9.53 Å². The molecule has 0 aliphatic carbocycles. The molecule has 270 valence electrons. The third-order valence-corrected chi connectivity index (χ3v) is 8.82. The molecule has 0 radical (unpaired) electrons. The van der Waals surface area contributed by atoms with E-state index in [9.17, 15) is 19.5 Å². The number of carbonyl (C=O) groups excluding carboxylic acids is 3.